The second kappa shape index (κ2) is 17.5. The van der Waals surface area contributed by atoms with Crippen LogP contribution in [0.2, 0.25) is 0 Å². The molecule has 278 valence electrons. The molecule has 0 radical (unpaired) electrons. The van der Waals surface area contributed by atoms with E-state index in [4.69, 9.17) is 4.74 Å². The number of ketones is 1. The maximum absolute atomic E-state index is 14.7. The van der Waals surface area contributed by atoms with Crippen LogP contribution >= 0.6 is 0 Å². The summed E-state index contributed by atoms with van der Waals surface area (Å²) in [6.07, 6.45) is 6.73. The van der Waals surface area contributed by atoms with Crippen LogP contribution in [0.25, 0.3) is 0 Å². The molecule has 3 fully saturated rings. The van der Waals surface area contributed by atoms with Gasteiger partial charge >= 0.3 is 12.1 Å². The van der Waals surface area contributed by atoms with Crippen LogP contribution in [0.5, 0.6) is 0 Å². The van der Waals surface area contributed by atoms with Crippen molar-refractivity contribution in [2.24, 2.45) is 22.7 Å². The number of hydrogen-bond acceptors (Lipinski definition) is 7. The first kappa shape index (κ1) is 40.1. The Labute approximate surface area is 292 Å². The summed E-state index contributed by atoms with van der Waals surface area (Å²) in [4.78, 5) is 81.7. The van der Waals surface area contributed by atoms with E-state index in [1.165, 1.54) is 0 Å². The smallest absolute Gasteiger partial charge is 0.407 e. The Bertz CT molecular complexity index is 1190. The van der Waals surface area contributed by atoms with Crippen LogP contribution in [-0.4, -0.2) is 90.4 Å². The third-order valence-electron chi connectivity index (χ3n) is 10.5. The maximum atomic E-state index is 14.7. The summed E-state index contributed by atoms with van der Waals surface area (Å²) in [6.45, 7) is 16.3. The SMILES string of the molecule is CCCC(NC(=O)C1C[C@@H](C(C)C)CN1C(=O)C(NC(=O)N[C@H](COC(=O)NCC)C(C)(C)C)C1(C)CCCCC1)C(=O)C(=O)NC1CC1. The molecule has 0 aromatic heterocycles. The number of carbonyl (C=O) groups excluding carboxylic acids is 6. The summed E-state index contributed by atoms with van der Waals surface area (Å²) >= 11 is 0. The number of hydrogen-bond donors (Lipinski definition) is 5. The van der Waals surface area contributed by atoms with Gasteiger partial charge in [-0.1, -0.05) is 74.1 Å². The van der Waals surface area contributed by atoms with Crippen LogP contribution in [0.1, 0.15) is 120 Å². The van der Waals surface area contributed by atoms with Gasteiger partial charge in [-0.05, 0) is 68.1 Å². The van der Waals surface area contributed by atoms with Crippen molar-refractivity contribution in [3.8, 4) is 0 Å². The van der Waals surface area contributed by atoms with Gasteiger partial charge in [-0.15, -0.1) is 0 Å². The minimum atomic E-state index is -0.988. The molecule has 1 saturated heterocycles. The van der Waals surface area contributed by atoms with Crippen LogP contribution < -0.4 is 26.6 Å². The first-order valence-corrected chi connectivity index (χ1v) is 18.4. The molecule has 1 heterocycles. The molecule has 5 N–H and O–H groups in total. The zero-order valence-corrected chi connectivity index (χ0v) is 31.0. The van der Waals surface area contributed by atoms with Crippen molar-refractivity contribution in [2.45, 2.75) is 150 Å². The number of nitrogens with one attached hydrogen (secondary N) is 5. The summed E-state index contributed by atoms with van der Waals surface area (Å²) in [7, 11) is 0. The lowest BCUT2D eigenvalue weighted by Crippen LogP contribution is -2.62. The minimum absolute atomic E-state index is 0.0127. The number of Topliss-reactive ketones (excluding diaryl/α,β-unsaturated/α-hetero) is 1. The standard InChI is InChI=1S/C36H62N6O7/c1-9-14-25(28(43)31(45)38-24-15-16-24)39-30(44)26-19-23(22(3)4)20-42(26)32(46)29(36(8)17-12-11-13-18-36)41-33(47)40-27(35(5,6)7)21-49-34(48)37-10-2/h22-27,29H,9-21H2,1-8H3,(H,37,48)(H,38,45)(H,39,44)(H2,40,41,47)/t23-,25?,26?,27-,29?/m1/s1. The second-order valence-corrected chi connectivity index (χ2v) is 16.0. The average molecular weight is 691 g/mol. The third-order valence-corrected chi connectivity index (χ3v) is 10.5. The zero-order chi connectivity index (χ0) is 36.5. The third kappa shape index (κ3) is 11.3. The molecule has 0 spiro atoms. The van der Waals surface area contributed by atoms with Gasteiger partial charge in [0.15, 0.2) is 0 Å². The van der Waals surface area contributed by atoms with E-state index in [1.54, 1.807) is 11.8 Å². The number of urea groups is 1. The minimum Gasteiger partial charge on any atom is -0.447 e. The number of ether oxygens (including phenoxy) is 1. The van der Waals surface area contributed by atoms with Gasteiger partial charge in [0.1, 0.15) is 18.7 Å². The van der Waals surface area contributed by atoms with Gasteiger partial charge in [-0.2, -0.15) is 0 Å². The van der Waals surface area contributed by atoms with Crippen molar-refractivity contribution in [1.82, 2.24) is 31.5 Å². The molecular weight excluding hydrogens is 628 g/mol. The molecule has 0 aromatic rings. The average Bonchev–Trinajstić information content (AvgIpc) is 3.73. The molecule has 6 amide bonds. The van der Waals surface area contributed by atoms with Crippen molar-refractivity contribution in [2.75, 3.05) is 19.7 Å². The molecule has 13 nitrogen and oxygen atoms in total. The Morgan fingerprint density at radius 1 is 0.939 bits per heavy atom. The Morgan fingerprint density at radius 2 is 1.59 bits per heavy atom. The van der Waals surface area contributed by atoms with Gasteiger partial charge in [-0.25, -0.2) is 9.59 Å². The number of carbonyl (C=O) groups is 6. The zero-order valence-electron chi connectivity index (χ0n) is 31.0. The van der Waals surface area contributed by atoms with E-state index >= 15 is 0 Å². The molecule has 2 aliphatic carbocycles. The molecule has 3 aliphatic rings. The van der Waals surface area contributed by atoms with Gasteiger partial charge in [0.25, 0.3) is 5.91 Å². The van der Waals surface area contributed by atoms with Crippen LogP contribution in [0.3, 0.4) is 0 Å². The fourth-order valence-electron chi connectivity index (χ4n) is 6.85. The molecule has 0 bridgehead atoms. The lowest BCUT2D eigenvalue weighted by molar-refractivity contribution is -0.144. The van der Waals surface area contributed by atoms with E-state index in [2.05, 4.69) is 40.4 Å². The Balaban J connectivity index is 1.85. The first-order chi connectivity index (χ1) is 23.0. The molecule has 13 heteroatoms. The molecule has 5 atom stereocenters. The number of nitrogens with zero attached hydrogens (tertiary/aromatic N) is 1. The fourth-order valence-corrected chi connectivity index (χ4v) is 6.85. The molecule has 2 saturated carbocycles. The molecule has 0 aromatic carbocycles. The van der Waals surface area contributed by atoms with E-state index in [1.807, 2.05) is 34.6 Å². The van der Waals surface area contributed by atoms with Crippen LogP contribution in [0.4, 0.5) is 9.59 Å². The number of rotatable bonds is 15. The number of amides is 6. The van der Waals surface area contributed by atoms with E-state index < -0.39 is 64.7 Å². The first-order valence-electron chi connectivity index (χ1n) is 18.4. The molecule has 49 heavy (non-hydrogen) atoms. The predicted octanol–water partition coefficient (Wildman–Crippen LogP) is 3.79. The lowest BCUT2D eigenvalue weighted by Gasteiger charge is -2.42. The van der Waals surface area contributed by atoms with Gasteiger partial charge in [0.2, 0.25) is 17.6 Å². The van der Waals surface area contributed by atoms with Crippen molar-refractivity contribution in [3.05, 3.63) is 0 Å². The normalized spacial score (nSPS) is 22.3. The van der Waals surface area contributed by atoms with E-state index in [-0.39, 0.29) is 30.4 Å². The van der Waals surface area contributed by atoms with Crippen LogP contribution in [0, 0.1) is 22.7 Å². The highest BCUT2D eigenvalue weighted by atomic mass is 16.5. The Kier molecular flexibility index (Phi) is 14.3. The highest BCUT2D eigenvalue weighted by molar-refractivity contribution is 6.38. The van der Waals surface area contributed by atoms with E-state index in [0.29, 0.717) is 32.4 Å². The maximum Gasteiger partial charge on any atom is 0.407 e. The summed E-state index contributed by atoms with van der Waals surface area (Å²) in [6, 6.07) is -3.86. The van der Waals surface area contributed by atoms with Gasteiger partial charge in [0, 0.05) is 19.1 Å². The molecule has 3 unspecified atom stereocenters. The fraction of sp³-hybridized carbons (Fsp3) is 0.833. The van der Waals surface area contributed by atoms with Crippen molar-refractivity contribution in [3.63, 3.8) is 0 Å². The van der Waals surface area contributed by atoms with E-state index in [0.717, 1.165) is 44.9 Å². The summed E-state index contributed by atoms with van der Waals surface area (Å²) in [5.41, 5.74) is -1.03. The highest BCUT2D eigenvalue weighted by Gasteiger charge is 2.49. The van der Waals surface area contributed by atoms with Gasteiger partial charge in [-0.3, -0.25) is 19.2 Å². The summed E-state index contributed by atoms with van der Waals surface area (Å²) < 4.78 is 5.36. The van der Waals surface area contributed by atoms with Crippen molar-refractivity contribution < 1.29 is 33.5 Å². The van der Waals surface area contributed by atoms with Crippen LogP contribution in [0.15, 0.2) is 0 Å². The van der Waals surface area contributed by atoms with Crippen LogP contribution in [-0.2, 0) is 23.9 Å². The quantitative estimate of drug-likeness (QED) is 0.163. The predicted molar refractivity (Wildman–Crippen MR) is 186 cm³/mol. The topological polar surface area (TPSA) is 175 Å². The summed E-state index contributed by atoms with van der Waals surface area (Å²) in [5.74, 6) is -1.94. The number of likely N-dealkylation sites (tertiary alicyclic amines) is 1. The van der Waals surface area contributed by atoms with E-state index in [9.17, 15) is 28.8 Å². The van der Waals surface area contributed by atoms with Crippen molar-refractivity contribution in [1.29, 1.82) is 0 Å². The molecule has 3 rings (SSSR count). The van der Waals surface area contributed by atoms with Gasteiger partial charge < -0.3 is 36.2 Å². The highest BCUT2D eigenvalue weighted by Crippen LogP contribution is 2.41. The Hall–Kier alpha value is -3.38. The van der Waals surface area contributed by atoms with Gasteiger partial charge in [0.05, 0.1) is 12.1 Å². The second-order valence-electron chi connectivity index (χ2n) is 16.0. The summed E-state index contributed by atoms with van der Waals surface area (Å²) in [5, 5.41) is 14.1. The lowest BCUT2D eigenvalue weighted by atomic mass is 9.70. The largest absolute Gasteiger partial charge is 0.447 e. The van der Waals surface area contributed by atoms with Crippen molar-refractivity contribution >= 4 is 35.6 Å². The molecule has 1 aliphatic heterocycles. The molecular formula is C36H62N6O7. The number of alkyl carbamates (subject to hydrolysis) is 1. The Morgan fingerprint density at radius 3 is 2.14 bits per heavy atom. The monoisotopic (exact) mass is 690 g/mol.